The molecule has 1 saturated heterocycles. The fraction of sp³-hybridized carbons (Fsp3) is 0.462. The molecule has 1 aliphatic rings. The first-order valence-electron chi connectivity index (χ1n) is 7.04. The highest BCUT2D eigenvalue weighted by atomic mass is 32.2. The molecule has 2 aromatic rings. The van der Waals surface area contributed by atoms with Gasteiger partial charge in [-0.3, -0.25) is 0 Å². The van der Waals surface area contributed by atoms with E-state index in [1.807, 2.05) is 30.3 Å². The number of benzene rings is 1. The highest BCUT2D eigenvalue weighted by molar-refractivity contribution is 7.89. The average molecular weight is 323 g/mol. The molecule has 1 aliphatic heterocycles. The van der Waals surface area contributed by atoms with Crippen molar-refractivity contribution in [1.29, 1.82) is 0 Å². The molecule has 0 aliphatic carbocycles. The third kappa shape index (κ3) is 3.49. The fourth-order valence-corrected chi connectivity index (χ4v) is 3.55. The number of aromatic nitrogens is 4. The Balaban J connectivity index is 1.63. The molecule has 8 nitrogen and oxygen atoms in total. The molecule has 22 heavy (non-hydrogen) atoms. The first-order valence-corrected chi connectivity index (χ1v) is 8.65. The van der Waals surface area contributed by atoms with Gasteiger partial charge in [0.1, 0.15) is 0 Å². The van der Waals surface area contributed by atoms with Crippen molar-refractivity contribution in [2.45, 2.75) is 6.54 Å². The summed E-state index contributed by atoms with van der Waals surface area (Å²) in [6.07, 6.45) is 0. The number of hydrogen-bond donors (Lipinski definition) is 0. The van der Waals surface area contributed by atoms with Gasteiger partial charge in [-0.05, 0) is 5.21 Å². The molecule has 0 N–H and O–H groups in total. The summed E-state index contributed by atoms with van der Waals surface area (Å²) in [4.78, 5) is 1.32. The van der Waals surface area contributed by atoms with Gasteiger partial charge in [-0.1, -0.05) is 30.3 Å². The molecule has 0 saturated carbocycles. The highest BCUT2D eigenvalue weighted by Crippen LogP contribution is 2.12. The molecular weight excluding hydrogens is 306 g/mol. The van der Waals surface area contributed by atoms with Crippen LogP contribution in [0, 0.1) is 0 Å². The molecule has 0 spiro atoms. The predicted molar refractivity (Wildman–Crippen MR) is 79.4 cm³/mol. The largest absolute Gasteiger partial charge is 0.379 e. The molecule has 118 valence electrons. The summed E-state index contributed by atoms with van der Waals surface area (Å²) in [6, 6.07) is 9.44. The zero-order chi connectivity index (χ0) is 15.4. The highest BCUT2D eigenvalue weighted by Gasteiger charge is 2.24. The lowest BCUT2D eigenvalue weighted by Crippen LogP contribution is -2.42. The van der Waals surface area contributed by atoms with E-state index in [9.17, 15) is 8.42 Å². The molecule has 0 radical (unpaired) electrons. The Morgan fingerprint density at radius 2 is 1.86 bits per heavy atom. The molecular formula is C13H17N5O3S. The van der Waals surface area contributed by atoms with Crippen molar-refractivity contribution in [3.8, 4) is 11.4 Å². The fourth-order valence-electron chi connectivity index (χ4n) is 2.19. The molecule has 1 aromatic heterocycles. The number of sulfonamides is 1. The van der Waals surface area contributed by atoms with E-state index < -0.39 is 10.0 Å². The Hall–Kier alpha value is -1.84. The van der Waals surface area contributed by atoms with Crippen LogP contribution in [0.2, 0.25) is 0 Å². The lowest BCUT2D eigenvalue weighted by Gasteiger charge is -2.25. The Kier molecular flexibility index (Phi) is 4.46. The molecule has 0 atom stereocenters. The average Bonchev–Trinajstić information content (AvgIpc) is 3.04. The topological polar surface area (TPSA) is 90.2 Å². The lowest BCUT2D eigenvalue weighted by atomic mass is 10.2. The van der Waals surface area contributed by atoms with Crippen LogP contribution in [0.5, 0.6) is 0 Å². The smallest absolute Gasteiger partial charge is 0.216 e. The van der Waals surface area contributed by atoms with Crippen molar-refractivity contribution in [3.63, 3.8) is 0 Å². The maximum Gasteiger partial charge on any atom is 0.216 e. The minimum atomic E-state index is -3.31. The van der Waals surface area contributed by atoms with Crippen LogP contribution in [0.25, 0.3) is 11.4 Å². The zero-order valence-electron chi connectivity index (χ0n) is 12.0. The maximum atomic E-state index is 12.2. The van der Waals surface area contributed by atoms with E-state index in [0.717, 1.165) is 5.56 Å². The van der Waals surface area contributed by atoms with Crippen LogP contribution >= 0.6 is 0 Å². The Bertz CT molecular complexity index is 710. The van der Waals surface area contributed by atoms with E-state index in [1.54, 1.807) is 0 Å². The quantitative estimate of drug-likeness (QED) is 0.769. The zero-order valence-corrected chi connectivity index (χ0v) is 12.8. The third-order valence-electron chi connectivity index (χ3n) is 3.40. The van der Waals surface area contributed by atoms with Gasteiger partial charge >= 0.3 is 0 Å². The normalized spacial score (nSPS) is 16.7. The van der Waals surface area contributed by atoms with Crippen molar-refractivity contribution in [2.75, 3.05) is 32.1 Å². The van der Waals surface area contributed by atoms with Gasteiger partial charge in [-0.15, -0.1) is 10.2 Å². The van der Waals surface area contributed by atoms with E-state index in [0.29, 0.717) is 32.1 Å². The van der Waals surface area contributed by atoms with E-state index >= 15 is 0 Å². The van der Waals surface area contributed by atoms with E-state index in [1.165, 1.54) is 9.10 Å². The predicted octanol–water partition coefficient (Wildman–Crippen LogP) is 0.00210. The second-order valence-corrected chi connectivity index (χ2v) is 6.99. The maximum absolute atomic E-state index is 12.2. The second-order valence-electron chi connectivity index (χ2n) is 4.90. The van der Waals surface area contributed by atoms with Gasteiger partial charge in [0, 0.05) is 18.7 Å². The van der Waals surface area contributed by atoms with Gasteiger partial charge in [0.15, 0.2) is 0 Å². The molecule has 2 heterocycles. The summed E-state index contributed by atoms with van der Waals surface area (Å²) >= 11 is 0. The number of ether oxygens (including phenoxy) is 1. The molecule has 3 rings (SSSR count). The summed E-state index contributed by atoms with van der Waals surface area (Å²) in [5.74, 6) is 0.446. The van der Waals surface area contributed by atoms with Crippen LogP contribution < -0.4 is 0 Å². The number of rotatable bonds is 5. The lowest BCUT2D eigenvalue weighted by molar-refractivity contribution is 0.0730. The van der Waals surface area contributed by atoms with Crippen LogP contribution in [-0.2, 0) is 21.3 Å². The molecule has 1 fully saturated rings. The van der Waals surface area contributed by atoms with E-state index in [-0.39, 0.29) is 12.3 Å². The van der Waals surface area contributed by atoms with Gasteiger partial charge in [-0.2, -0.15) is 9.10 Å². The Morgan fingerprint density at radius 3 is 2.59 bits per heavy atom. The minimum absolute atomic E-state index is 0.0441. The summed E-state index contributed by atoms with van der Waals surface area (Å²) < 4.78 is 31.0. The Labute approximate surface area is 128 Å². The standard InChI is InChI=1S/C13H17N5O3S/c19-22(20,17-6-9-21-10-7-17)11-8-18-15-13(14-16-18)12-4-2-1-3-5-12/h1-5H,6-11H2. The van der Waals surface area contributed by atoms with Crippen LogP contribution in [0.3, 0.4) is 0 Å². The number of aryl methyl sites for hydroxylation is 1. The van der Waals surface area contributed by atoms with E-state index in [4.69, 9.17) is 4.74 Å². The van der Waals surface area contributed by atoms with Gasteiger partial charge in [0.2, 0.25) is 15.8 Å². The van der Waals surface area contributed by atoms with Crippen molar-refractivity contribution in [1.82, 2.24) is 24.5 Å². The molecule has 0 bridgehead atoms. The molecule has 1 aromatic carbocycles. The van der Waals surface area contributed by atoms with Crippen molar-refractivity contribution in [2.24, 2.45) is 0 Å². The van der Waals surface area contributed by atoms with Crippen LogP contribution in [-0.4, -0.2) is 65.0 Å². The number of tetrazole rings is 1. The van der Waals surface area contributed by atoms with Gasteiger partial charge < -0.3 is 4.74 Å². The summed E-state index contributed by atoms with van der Waals surface area (Å²) in [7, 11) is -3.31. The van der Waals surface area contributed by atoms with Crippen molar-refractivity contribution < 1.29 is 13.2 Å². The first-order chi connectivity index (χ1) is 10.6. The van der Waals surface area contributed by atoms with Gasteiger partial charge in [0.25, 0.3) is 0 Å². The number of nitrogens with zero attached hydrogens (tertiary/aromatic N) is 5. The van der Waals surface area contributed by atoms with Gasteiger partial charge in [0.05, 0.1) is 25.5 Å². The summed E-state index contributed by atoms with van der Waals surface area (Å²) in [5, 5.41) is 12.1. The minimum Gasteiger partial charge on any atom is -0.379 e. The first kappa shape index (κ1) is 15.1. The summed E-state index contributed by atoms with van der Waals surface area (Å²) in [6.45, 7) is 1.88. The van der Waals surface area contributed by atoms with Gasteiger partial charge in [-0.25, -0.2) is 8.42 Å². The van der Waals surface area contributed by atoms with E-state index in [2.05, 4.69) is 15.4 Å². The Morgan fingerprint density at radius 1 is 1.14 bits per heavy atom. The molecule has 0 amide bonds. The monoisotopic (exact) mass is 323 g/mol. The number of hydrogen-bond acceptors (Lipinski definition) is 6. The van der Waals surface area contributed by atoms with Crippen LogP contribution in [0.4, 0.5) is 0 Å². The SMILES string of the molecule is O=S(=O)(CCn1nnc(-c2ccccc2)n1)N1CCOCC1. The van der Waals surface area contributed by atoms with Crippen molar-refractivity contribution in [3.05, 3.63) is 30.3 Å². The van der Waals surface area contributed by atoms with Crippen LogP contribution in [0.15, 0.2) is 30.3 Å². The van der Waals surface area contributed by atoms with Crippen LogP contribution in [0.1, 0.15) is 0 Å². The summed E-state index contributed by atoms with van der Waals surface area (Å²) in [5.41, 5.74) is 0.852. The molecule has 9 heteroatoms. The third-order valence-corrected chi connectivity index (χ3v) is 5.25. The molecule has 0 unspecified atom stereocenters. The number of morpholine rings is 1. The van der Waals surface area contributed by atoms with Crippen molar-refractivity contribution >= 4 is 10.0 Å². The second kappa shape index (κ2) is 6.51.